The van der Waals surface area contributed by atoms with Gasteiger partial charge in [-0.25, -0.2) is 0 Å². The molecule has 0 aliphatic rings. The number of hydrogen-bond donors (Lipinski definition) is 0. The molecule has 4 aromatic carbocycles. The van der Waals surface area contributed by atoms with Crippen molar-refractivity contribution >= 4 is 0 Å². The standard InChI is InChI=1S/4C10H15.4ClH.Hf.Zr/c4*1-6-7(2)9(4)10(5)8(6)3;;;;;;/h4*1-5H3;4*1H;;/q4*-1;;;;;2*+4/p-4. The van der Waals surface area contributed by atoms with Gasteiger partial charge < -0.3 is 49.6 Å². The third kappa shape index (κ3) is 12.9. The largest absolute Gasteiger partial charge is 4.00 e. The predicted molar refractivity (Wildman–Crippen MR) is 183 cm³/mol. The van der Waals surface area contributed by atoms with E-state index in [0.29, 0.717) is 0 Å². The van der Waals surface area contributed by atoms with Crippen molar-refractivity contribution in [2.24, 2.45) is 0 Å². The maximum Gasteiger partial charge on any atom is 4.00 e. The quantitative estimate of drug-likeness (QED) is 0.170. The molecule has 256 valence electrons. The normalized spacial score (nSPS) is 9.13. The van der Waals surface area contributed by atoms with Crippen LogP contribution in [0.25, 0.3) is 0 Å². The first kappa shape index (κ1) is 58.5. The Morgan fingerprint density at radius 1 is 0.239 bits per heavy atom. The smallest absolute Gasteiger partial charge is 1.00 e. The van der Waals surface area contributed by atoms with E-state index in [2.05, 4.69) is 138 Å². The Kier molecular flexibility index (Phi) is 31.1. The first-order valence-corrected chi connectivity index (χ1v) is 15.0. The van der Waals surface area contributed by atoms with E-state index in [4.69, 9.17) is 0 Å². The second-order valence-corrected chi connectivity index (χ2v) is 12.5. The van der Waals surface area contributed by atoms with Gasteiger partial charge in [0.2, 0.25) is 0 Å². The molecule has 4 aromatic rings. The van der Waals surface area contributed by atoms with Crippen molar-refractivity contribution in [2.75, 3.05) is 0 Å². The summed E-state index contributed by atoms with van der Waals surface area (Å²) in [4.78, 5) is 0. The molecule has 0 spiro atoms. The topological polar surface area (TPSA) is 0 Å². The minimum Gasteiger partial charge on any atom is -1.00 e. The van der Waals surface area contributed by atoms with Crippen LogP contribution in [0, 0.1) is 138 Å². The summed E-state index contributed by atoms with van der Waals surface area (Å²) in [5.74, 6) is 0. The van der Waals surface area contributed by atoms with Crippen molar-refractivity contribution in [3.63, 3.8) is 0 Å². The average molecular weight is 952 g/mol. The van der Waals surface area contributed by atoms with Crippen LogP contribution in [0.5, 0.6) is 0 Å². The average Bonchev–Trinajstić information content (AvgIpc) is 3.37. The Labute approximate surface area is 348 Å². The number of rotatable bonds is 0. The Hall–Kier alpha value is 0.313. The molecule has 0 unspecified atom stereocenters. The molecule has 0 aliphatic heterocycles. The van der Waals surface area contributed by atoms with Gasteiger partial charge in [-0.15, -0.1) is 0 Å². The molecule has 0 heterocycles. The van der Waals surface area contributed by atoms with Crippen molar-refractivity contribution < 1.29 is 102 Å². The van der Waals surface area contributed by atoms with Gasteiger partial charge in [0.05, 0.1) is 0 Å². The van der Waals surface area contributed by atoms with Crippen molar-refractivity contribution in [3.8, 4) is 0 Å². The predicted octanol–water partition coefficient (Wildman–Crippen LogP) is -0.199. The molecule has 0 saturated heterocycles. The van der Waals surface area contributed by atoms with Gasteiger partial charge in [0, 0.05) is 0 Å². The third-order valence-electron chi connectivity index (χ3n) is 11.2. The summed E-state index contributed by atoms with van der Waals surface area (Å²) in [7, 11) is 0. The van der Waals surface area contributed by atoms with Gasteiger partial charge in [-0.3, -0.25) is 0 Å². The van der Waals surface area contributed by atoms with Crippen LogP contribution < -0.4 is 49.6 Å². The summed E-state index contributed by atoms with van der Waals surface area (Å²) >= 11 is 0. The molecule has 0 fully saturated rings. The molecule has 4 rings (SSSR count). The second-order valence-electron chi connectivity index (χ2n) is 12.5. The summed E-state index contributed by atoms with van der Waals surface area (Å²) in [6, 6.07) is 0. The van der Waals surface area contributed by atoms with Crippen molar-refractivity contribution in [1.82, 2.24) is 0 Å². The Morgan fingerprint density at radius 3 is 0.326 bits per heavy atom. The molecule has 0 radical (unpaired) electrons. The van der Waals surface area contributed by atoms with E-state index in [9.17, 15) is 0 Å². The van der Waals surface area contributed by atoms with Gasteiger partial charge in [-0.1, -0.05) is 138 Å². The first-order chi connectivity index (χ1) is 18.2. The van der Waals surface area contributed by atoms with Crippen LogP contribution in [0.1, 0.15) is 111 Å². The van der Waals surface area contributed by atoms with E-state index >= 15 is 0 Å². The van der Waals surface area contributed by atoms with E-state index in [0.717, 1.165) is 0 Å². The maximum atomic E-state index is 2.20. The van der Waals surface area contributed by atoms with Crippen LogP contribution in [-0.2, 0) is 52.0 Å². The molecule has 0 saturated carbocycles. The number of halogens is 4. The molecule has 0 amide bonds. The molecular weight excluding hydrogens is 892 g/mol. The summed E-state index contributed by atoms with van der Waals surface area (Å²) in [6.45, 7) is 44.0. The van der Waals surface area contributed by atoms with Crippen molar-refractivity contribution in [2.45, 2.75) is 138 Å². The molecule has 0 bridgehead atoms. The summed E-state index contributed by atoms with van der Waals surface area (Å²) in [5, 5.41) is 0. The Morgan fingerprint density at radius 2 is 0.304 bits per heavy atom. The molecule has 0 nitrogen and oxygen atoms in total. The SMILES string of the molecule is Cc1c(C)c(C)[c-](C)c1C.Cc1c(C)c(C)[c-](C)c1C.Cc1c(C)c(C)[c-](C)c1C.Cc1c(C)c(C)[c-](C)c1C.[Cl-].[Cl-].[Cl-].[Cl-].[Hf+4].[Zr+4]. The van der Waals surface area contributed by atoms with E-state index in [1.54, 1.807) is 0 Å². The maximum absolute atomic E-state index is 2.20. The molecule has 46 heavy (non-hydrogen) atoms. The minimum absolute atomic E-state index is 0. The van der Waals surface area contributed by atoms with Gasteiger partial charge in [-0.05, 0) is 0 Å². The van der Waals surface area contributed by atoms with Crippen LogP contribution in [0.4, 0.5) is 0 Å². The molecule has 0 N–H and O–H groups in total. The molecule has 0 atom stereocenters. The van der Waals surface area contributed by atoms with Crippen LogP contribution in [0.2, 0.25) is 0 Å². The third-order valence-corrected chi connectivity index (χ3v) is 11.2. The zero-order chi connectivity index (χ0) is 31.5. The number of hydrogen-bond acceptors (Lipinski definition) is 0. The fourth-order valence-corrected chi connectivity index (χ4v) is 5.62. The second kappa shape index (κ2) is 24.5. The summed E-state index contributed by atoms with van der Waals surface area (Å²) in [5.41, 5.74) is 29.4. The summed E-state index contributed by atoms with van der Waals surface area (Å²) < 4.78 is 0. The van der Waals surface area contributed by atoms with Crippen molar-refractivity contribution in [3.05, 3.63) is 111 Å². The molecule has 6 heteroatoms. The van der Waals surface area contributed by atoms with Gasteiger partial charge in [0.25, 0.3) is 0 Å². The summed E-state index contributed by atoms with van der Waals surface area (Å²) in [6.07, 6.45) is 0. The van der Waals surface area contributed by atoms with Crippen molar-refractivity contribution in [1.29, 1.82) is 0 Å². The van der Waals surface area contributed by atoms with Gasteiger partial charge in [0.1, 0.15) is 0 Å². The Bertz CT molecular complexity index is 943. The van der Waals surface area contributed by atoms with E-state index in [1.807, 2.05) is 0 Å². The van der Waals surface area contributed by atoms with E-state index in [1.165, 1.54) is 111 Å². The molecule has 0 aromatic heterocycles. The van der Waals surface area contributed by atoms with Crippen LogP contribution in [0.3, 0.4) is 0 Å². The van der Waals surface area contributed by atoms with E-state index < -0.39 is 0 Å². The van der Waals surface area contributed by atoms with Gasteiger partial charge in [0.15, 0.2) is 0 Å². The fourth-order valence-electron chi connectivity index (χ4n) is 5.62. The minimum atomic E-state index is 0. The monoisotopic (exact) mass is 950 g/mol. The zero-order valence-electron chi connectivity index (χ0n) is 32.5. The molecule has 0 aliphatic carbocycles. The fraction of sp³-hybridized carbons (Fsp3) is 0.500. The first-order valence-electron chi connectivity index (χ1n) is 15.0. The van der Waals surface area contributed by atoms with Crippen LogP contribution in [-0.4, -0.2) is 0 Å². The van der Waals surface area contributed by atoms with Gasteiger partial charge >= 0.3 is 52.0 Å². The van der Waals surface area contributed by atoms with Gasteiger partial charge in [-0.2, -0.15) is 111 Å². The Balaban J connectivity index is -0.000000111. The van der Waals surface area contributed by atoms with Crippen LogP contribution in [0.15, 0.2) is 0 Å². The van der Waals surface area contributed by atoms with E-state index in [-0.39, 0.29) is 102 Å². The molecular formula is C40H60Cl4HfZr. The van der Waals surface area contributed by atoms with Crippen LogP contribution >= 0.6 is 0 Å². The zero-order valence-corrected chi connectivity index (χ0v) is 41.6.